The van der Waals surface area contributed by atoms with Gasteiger partial charge in [0.1, 0.15) is 0 Å². The predicted molar refractivity (Wildman–Crippen MR) is 81.6 cm³/mol. The zero-order valence-electron chi connectivity index (χ0n) is 11.7. The molecule has 6 nitrogen and oxygen atoms in total. The molecule has 0 saturated heterocycles. The van der Waals surface area contributed by atoms with E-state index in [2.05, 4.69) is 0 Å². The second-order valence-corrected chi connectivity index (χ2v) is 5.55. The molecule has 7 heteroatoms. The van der Waals surface area contributed by atoms with Gasteiger partial charge in [0.05, 0.1) is 18.5 Å². The molecule has 0 bridgehead atoms. The van der Waals surface area contributed by atoms with Gasteiger partial charge in [-0.1, -0.05) is 23.9 Å². The molecule has 22 heavy (non-hydrogen) atoms. The van der Waals surface area contributed by atoms with Crippen molar-refractivity contribution in [2.45, 2.75) is 16.2 Å². The maximum absolute atomic E-state index is 10.8. The van der Waals surface area contributed by atoms with E-state index in [0.29, 0.717) is 0 Å². The fourth-order valence-electron chi connectivity index (χ4n) is 1.86. The van der Waals surface area contributed by atoms with Crippen molar-refractivity contribution in [2.75, 3.05) is 7.11 Å². The van der Waals surface area contributed by atoms with Gasteiger partial charge in [-0.05, 0) is 23.8 Å². The average molecular weight is 319 g/mol. The molecule has 0 atom stereocenters. The summed E-state index contributed by atoms with van der Waals surface area (Å²) in [5.41, 5.74) is 0.641. The van der Waals surface area contributed by atoms with Crippen LogP contribution in [0.15, 0.2) is 52.3 Å². The molecule has 1 N–H and O–H groups in total. The molecule has 0 amide bonds. The summed E-state index contributed by atoms with van der Waals surface area (Å²) in [6.45, 7) is 0. The number of nitrogens with zero attached hydrogens (tertiary/aromatic N) is 1. The van der Waals surface area contributed by atoms with Gasteiger partial charge in [-0.25, -0.2) is 0 Å². The van der Waals surface area contributed by atoms with Gasteiger partial charge >= 0.3 is 11.7 Å². The fourth-order valence-corrected chi connectivity index (χ4v) is 2.70. The smallest absolute Gasteiger partial charge is 0.310 e. The first kappa shape index (κ1) is 15.8. The summed E-state index contributed by atoms with van der Waals surface area (Å²) in [5.74, 6) is -0.669. The van der Waals surface area contributed by atoms with Gasteiger partial charge in [0.25, 0.3) is 0 Å². The summed E-state index contributed by atoms with van der Waals surface area (Å²) in [6.07, 6.45) is -0.0176. The Morgan fingerprint density at radius 2 is 1.86 bits per heavy atom. The number of aliphatic carboxylic acids is 1. The van der Waals surface area contributed by atoms with E-state index < -0.39 is 10.9 Å². The van der Waals surface area contributed by atoms with Crippen LogP contribution in [0.5, 0.6) is 5.75 Å². The number of carbonyl (C=O) groups is 1. The summed E-state index contributed by atoms with van der Waals surface area (Å²) in [4.78, 5) is 22.7. The van der Waals surface area contributed by atoms with Crippen LogP contribution >= 0.6 is 11.8 Å². The van der Waals surface area contributed by atoms with Gasteiger partial charge in [0, 0.05) is 21.9 Å². The van der Waals surface area contributed by atoms with E-state index >= 15 is 0 Å². The third-order valence-electron chi connectivity index (χ3n) is 2.86. The third kappa shape index (κ3) is 3.98. The number of methoxy groups -OCH3 is 1. The fraction of sp³-hybridized carbons (Fsp3) is 0.133. The molecule has 2 rings (SSSR count). The predicted octanol–water partition coefficient (Wildman–Crippen LogP) is 3.38. The lowest BCUT2D eigenvalue weighted by atomic mass is 10.2. The number of hydrogen-bond donors (Lipinski definition) is 1. The van der Waals surface area contributed by atoms with Crippen molar-refractivity contribution in [1.29, 1.82) is 0 Å². The molecule has 0 heterocycles. The number of carboxylic acid groups (broad SMARTS) is 1. The molecule has 2 aromatic carbocycles. The molecular weight excluding hydrogens is 306 g/mol. The molecule has 0 fully saturated rings. The van der Waals surface area contributed by atoms with Crippen LogP contribution < -0.4 is 4.74 Å². The van der Waals surface area contributed by atoms with Crippen LogP contribution in [0.1, 0.15) is 5.56 Å². The number of rotatable bonds is 6. The Morgan fingerprint density at radius 3 is 2.41 bits per heavy atom. The summed E-state index contributed by atoms with van der Waals surface area (Å²) < 4.78 is 5.03. The van der Waals surface area contributed by atoms with E-state index in [4.69, 9.17) is 9.84 Å². The maximum Gasteiger partial charge on any atom is 0.310 e. The zero-order valence-corrected chi connectivity index (χ0v) is 12.5. The van der Waals surface area contributed by atoms with Crippen molar-refractivity contribution in [2.24, 2.45) is 0 Å². The van der Waals surface area contributed by atoms with E-state index in [-0.39, 0.29) is 17.9 Å². The van der Waals surface area contributed by atoms with Crippen molar-refractivity contribution in [3.63, 3.8) is 0 Å². The standard InChI is InChI=1S/C15H13NO5S/c1-21-14-9-12(6-7-13(14)16(19)20)22-11-4-2-10(3-5-11)8-15(17)18/h2-7,9H,8H2,1H3,(H,17,18). The lowest BCUT2D eigenvalue weighted by molar-refractivity contribution is -0.385. The highest BCUT2D eigenvalue weighted by Gasteiger charge is 2.15. The van der Waals surface area contributed by atoms with Crippen molar-refractivity contribution < 1.29 is 19.6 Å². The molecule has 0 aromatic heterocycles. The zero-order chi connectivity index (χ0) is 16.1. The monoisotopic (exact) mass is 319 g/mol. The van der Waals surface area contributed by atoms with E-state index in [1.807, 2.05) is 12.1 Å². The lowest BCUT2D eigenvalue weighted by Crippen LogP contribution is -1.99. The maximum atomic E-state index is 10.8. The molecule has 0 aliphatic carbocycles. The summed E-state index contributed by atoms with van der Waals surface area (Å²) >= 11 is 1.42. The molecule has 0 saturated carbocycles. The number of ether oxygens (including phenoxy) is 1. The minimum Gasteiger partial charge on any atom is -0.490 e. The van der Waals surface area contributed by atoms with Gasteiger partial charge in [0.15, 0.2) is 5.75 Å². The minimum atomic E-state index is -0.875. The van der Waals surface area contributed by atoms with Gasteiger partial charge in [-0.15, -0.1) is 0 Å². The van der Waals surface area contributed by atoms with Crippen molar-refractivity contribution >= 4 is 23.4 Å². The Balaban J connectivity index is 2.16. The number of benzene rings is 2. The Morgan fingerprint density at radius 1 is 1.23 bits per heavy atom. The molecule has 0 aliphatic rings. The summed E-state index contributed by atoms with van der Waals surface area (Å²) in [7, 11) is 1.39. The summed E-state index contributed by atoms with van der Waals surface area (Å²) in [6, 6.07) is 11.8. The van der Waals surface area contributed by atoms with Gasteiger partial charge < -0.3 is 9.84 Å². The second kappa shape index (κ2) is 6.95. The van der Waals surface area contributed by atoms with E-state index in [1.165, 1.54) is 24.9 Å². The third-order valence-corrected chi connectivity index (χ3v) is 3.86. The van der Waals surface area contributed by atoms with Crippen molar-refractivity contribution in [1.82, 2.24) is 0 Å². The number of nitro groups is 1. The van der Waals surface area contributed by atoms with Crippen LogP contribution in [0.25, 0.3) is 0 Å². The first-order valence-electron chi connectivity index (χ1n) is 6.30. The number of hydrogen-bond acceptors (Lipinski definition) is 5. The molecule has 2 aromatic rings. The van der Waals surface area contributed by atoms with Crippen LogP contribution in [0, 0.1) is 10.1 Å². The Labute approximate surface area is 130 Å². The number of carboxylic acids is 1. The van der Waals surface area contributed by atoms with Gasteiger partial charge in [-0.3, -0.25) is 14.9 Å². The van der Waals surface area contributed by atoms with Gasteiger partial charge in [-0.2, -0.15) is 0 Å². The highest BCUT2D eigenvalue weighted by atomic mass is 32.2. The Bertz CT molecular complexity index is 700. The second-order valence-electron chi connectivity index (χ2n) is 4.41. The van der Waals surface area contributed by atoms with Crippen LogP contribution in [0.3, 0.4) is 0 Å². The van der Waals surface area contributed by atoms with Crippen LogP contribution in [-0.4, -0.2) is 23.1 Å². The van der Waals surface area contributed by atoms with E-state index in [0.717, 1.165) is 15.4 Å². The van der Waals surface area contributed by atoms with Crippen LogP contribution in [0.2, 0.25) is 0 Å². The van der Waals surface area contributed by atoms with Crippen LogP contribution in [-0.2, 0) is 11.2 Å². The largest absolute Gasteiger partial charge is 0.490 e. The van der Waals surface area contributed by atoms with Crippen molar-refractivity contribution in [3.8, 4) is 5.75 Å². The minimum absolute atomic E-state index is 0.0176. The topological polar surface area (TPSA) is 89.7 Å². The number of nitro benzene ring substituents is 1. The molecule has 114 valence electrons. The highest BCUT2D eigenvalue weighted by molar-refractivity contribution is 7.99. The van der Waals surface area contributed by atoms with E-state index in [1.54, 1.807) is 24.3 Å². The van der Waals surface area contributed by atoms with Crippen molar-refractivity contribution in [3.05, 3.63) is 58.1 Å². The normalized spacial score (nSPS) is 10.2. The Kier molecular flexibility index (Phi) is 5.00. The molecule has 0 radical (unpaired) electrons. The molecule has 0 spiro atoms. The Hall–Kier alpha value is -2.54. The van der Waals surface area contributed by atoms with E-state index in [9.17, 15) is 14.9 Å². The summed E-state index contributed by atoms with van der Waals surface area (Å²) in [5, 5.41) is 19.6. The van der Waals surface area contributed by atoms with Crippen LogP contribution in [0.4, 0.5) is 5.69 Å². The molecule has 0 unspecified atom stereocenters. The molecule has 0 aliphatic heterocycles. The quantitative estimate of drug-likeness (QED) is 0.648. The first-order chi connectivity index (χ1) is 10.5. The highest BCUT2D eigenvalue weighted by Crippen LogP contribution is 2.35. The molecular formula is C15H13NO5S. The SMILES string of the molecule is COc1cc(Sc2ccc(CC(=O)O)cc2)ccc1[N+](=O)[O-]. The first-order valence-corrected chi connectivity index (χ1v) is 7.12. The lowest BCUT2D eigenvalue weighted by Gasteiger charge is -2.06. The van der Waals surface area contributed by atoms with Gasteiger partial charge in [0.2, 0.25) is 0 Å². The average Bonchev–Trinajstić information content (AvgIpc) is 2.48.